The van der Waals surface area contributed by atoms with Gasteiger partial charge in [0.05, 0.1) is 17.2 Å². The molecule has 1 fully saturated rings. The first-order valence-electron chi connectivity index (χ1n) is 9.83. The second-order valence-electron chi connectivity index (χ2n) is 8.44. The summed E-state index contributed by atoms with van der Waals surface area (Å²) in [6.45, 7) is 6.16. The molecule has 1 aromatic heterocycles. The molecule has 3 rings (SSSR count). The summed E-state index contributed by atoms with van der Waals surface area (Å²) in [4.78, 5) is 26.7. The van der Waals surface area contributed by atoms with Crippen molar-refractivity contribution in [1.82, 2.24) is 14.7 Å². The second kappa shape index (κ2) is 8.88. The number of benzene rings is 1. The van der Waals surface area contributed by atoms with Gasteiger partial charge >= 0.3 is 6.03 Å². The lowest BCUT2D eigenvalue weighted by atomic mass is 9.92. The first-order chi connectivity index (χ1) is 14.4. The van der Waals surface area contributed by atoms with Crippen molar-refractivity contribution in [2.24, 2.45) is 0 Å². The summed E-state index contributed by atoms with van der Waals surface area (Å²) < 4.78 is 24.7. The van der Waals surface area contributed by atoms with E-state index in [9.17, 15) is 18.0 Å². The van der Waals surface area contributed by atoms with Crippen molar-refractivity contribution in [3.8, 4) is 0 Å². The maximum absolute atomic E-state index is 12.7. The summed E-state index contributed by atoms with van der Waals surface area (Å²) in [5.74, 6) is 0.0355. The van der Waals surface area contributed by atoms with Gasteiger partial charge in [-0.15, -0.1) is 0 Å². The van der Waals surface area contributed by atoms with Crippen molar-refractivity contribution in [1.29, 1.82) is 0 Å². The van der Waals surface area contributed by atoms with Gasteiger partial charge < -0.3 is 10.2 Å². The molecule has 0 atom stereocenters. The molecule has 0 spiro atoms. The first-order valence-corrected chi connectivity index (χ1v) is 12.0. The molecule has 31 heavy (non-hydrogen) atoms. The fourth-order valence-corrected chi connectivity index (χ4v) is 4.33. The number of hydrogen-bond donors (Lipinski definition) is 2. The topological polar surface area (TPSA) is 113 Å². The van der Waals surface area contributed by atoms with Gasteiger partial charge in [-0.2, -0.15) is 5.10 Å². The highest BCUT2D eigenvalue weighted by Crippen LogP contribution is 2.24. The second-order valence-corrected chi connectivity index (χ2v) is 11.2. The number of carbonyl (C=O) groups excluding carboxylic acids is 2. The molecule has 2 heterocycles. The third kappa shape index (κ3) is 6.20. The minimum Gasteiger partial charge on any atom is -0.339 e. The van der Waals surface area contributed by atoms with E-state index in [2.05, 4.69) is 15.7 Å². The van der Waals surface area contributed by atoms with E-state index >= 15 is 0 Å². The average molecular weight is 468 g/mol. The van der Waals surface area contributed by atoms with Gasteiger partial charge in [-0.3, -0.25) is 10.1 Å². The van der Waals surface area contributed by atoms with Crippen LogP contribution in [0.5, 0.6) is 0 Å². The van der Waals surface area contributed by atoms with Crippen molar-refractivity contribution < 1.29 is 18.0 Å². The van der Waals surface area contributed by atoms with Gasteiger partial charge in [0.2, 0.25) is 5.91 Å². The van der Waals surface area contributed by atoms with E-state index in [0.717, 1.165) is 0 Å². The van der Waals surface area contributed by atoms with E-state index in [0.29, 0.717) is 22.2 Å². The van der Waals surface area contributed by atoms with Crippen LogP contribution in [0.3, 0.4) is 0 Å². The smallest absolute Gasteiger partial charge is 0.324 e. The van der Waals surface area contributed by atoms with E-state index in [-0.39, 0.29) is 42.5 Å². The van der Waals surface area contributed by atoms with Crippen LogP contribution in [0, 0.1) is 0 Å². The highest BCUT2D eigenvalue weighted by atomic mass is 35.5. The molecule has 9 nitrogen and oxygen atoms in total. The van der Waals surface area contributed by atoms with Crippen molar-refractivity contribution in [3.05, 3.63) is 41.0 Å². The molecule has 0 radical (unpaired) electrons. The molecule has 2 aromatic rings. The van der Waals surface area contributed by atoms with Gasteiger partial charge in [-0.05, 0) is 24.3 Å². The summed E-state index contributed by atoms with van der Waals surface area (Å²) >= 11 is 5.86. The molecule has 0 saturated carbocycles. The highest BCUT2D eigenvalue weighted by molar-refractivity contribution is 7.91. The monoisotopic (exact) mass is 467 g/mol. The predicted molar refractivity (Wildman–Crippen MR) is 120 cm³/mol. The maximum Gasteiger partial charge on any atom is 0.324 e. The largest absolute Gasteiger partial charge is 0.339 e. The number of halogens is 1. The number of nitrogens with zero attached hydrogens (tertiary/aromatic N) is 3. The first kappa shape index (κ1) is 23.1. The molecule has 1 aliphatic heterocycles. The molecule has 1 aliphatic rings. The van der Waals surface area contributed by atoms with Crippen LogP contribution < -0.4 is 10.6 Å². The average Bonchev–Trinajstić information content (AvgIpc) is 3.06. The molecule has 1 saturated heterocycles. The molecule has 0 aliphatic carbocycles. The maximum atomic E-state index is 12.7. The highest BCUT2D eigenvalue weighted by Gasteiger charge is 2.27. The number of amides is 3. The molecule has 0 bridgehead atoms. The van der Waals surface area contributed by atoms with Crippen LogP contribution in [-0.2, 0) is 26.6 Å². The Bertz CT molecular complexity index is 1060. The number of sulfone groups is 1. The zero-order valence-corrected chi connectivity index (χ0v) is 19.3. The Labute approximate surface area is 186 Å². The molecule has 11 heteroatoms. The third-order valence-corrected chi connectivity index (χ3v) is 6.74. The lowest BCUT2D eigenvalue weighted by molar-refractivity contribution is -0.131. The summed E-state index contributed by atoms with van der Waals surface area (Å²) in [6, 6.07) is 7.92. The van der Waals surface area contributed by atoms with Crippen LogP contribution >= 0.6 is 11.6 Å². The van der Waals surface area contributed by atoms with Crippen LogP contribution in [-0.4, -0.2) is 59.6 Å². The zero-order chi connectivity index (χ0) is 22.8. The van der Waals surface area contributed by atoms with Gasteiger partial charge in [-0.1, -0.05) is 32.4 Å². The number of nitrogens with one attached hydrogen (secondary N) is 2. The predicted octanol–water partition coefficient (Wildman–Crippen LogP) is 2.74. The van der Waals surface area contributed by atoms with Crippen molar-refractivity contribution >= 4 is 44.9 Å². The third-order valence-electron chi connectivity index (χ3n) is 4.87. The standard InChI is InChI=1S/C20H26ClN5O4S/c1-20(2,3)16-12-17(23-19(28)22-15-6-4-14(21)5-7-15)26(24-16)13-18(27)25-8-10-31(29,30)11-9-25/h4-7,12H,8-11,13H2,1-3H3,(H2,22,23,28). The molecular weight excluding hydrogens is 442 g/mol. The Morgan fingerprint density at radius 3 is 2.29 bits per heavy atom. The van der Waals surface area contributed by atoms with E-state index in [4.69, 9.17) is 11.6 Å². The quantitative estimate of drug-likeness (QED) is 0.717. The lowest BCUT2D eigenvalue weighted by Crippen LogP contribution is -2.45. The number of aromatic nitrogens is 2. The summed E-state index contributed by atoms with van der Waals surface area (Å²) in [7, 11) is -3.08. The Kier molecular flexibility index (Phi) is 6.61. The number of anilines is 2. The summed E-state index contributed by atoms with van der Waals surface area (Å²) in [5.41, 5.74) is 0.981. The van der Waals surface area contributed by atoms with E-state index in [1.165, 1.54) is 9.58 Å². The summed E-state index contributed by atoms with van der Waals surface area (Å²) in [5, 5.41) is 10.5. The van der Waals surface area contributed by atoms with E-state index in [1.807, 2.05) is 20.8 Å². The Morgan fingerprint density at radius 1 is 1.10 bits per heavy atom. The number of hydrogen-bond acceptors (Lipinski definition) is 5. The molecule has 1 aromatic carbocycles. The van der Waals surface area contributed by atoms with Gasteiger partial charge in [0.25, 0.3) is 0 Å². The van der Waals surface area contributed by atoms with Crippen LogP contribution in [0.15, 0.2) is 30.3 Å². The minimum atomic E-state index is -3.08. The molecule has 0 unspecified atom stereocenters. The van der Waals surface area contributed by atoms with Crippen LogP contribution in [0.2, 0.25) is 5.02 Å². The van der Waals surface area contributed by atoms with Gasteiger partial charge in [-0.25, -0.2) is 17.9 Å². The lowest BCUT2D eigenvalue weighted by Gasteiger charge is -2.27. The van der Waals surface area contributed by atoms with Crippen LogP contribution in [0.25, 0.3) is 0 Å². The number of urea groups is 1. The fourth-order valence-electron chi connectivity index (χ4n) is 3.01. The number of carbonyl (C=O) groups is 2. The fraction of sp³-hybridized carbons (Fsp3) is 0.450. The van der Waals surface area contributed by atoms with Gasteiger partial charge in [0, 0.05) is 35.3 Å². The molecular formula is C20H26ClN5O4S. The Morgan fingerprint density at radius 2 is 1.71 bits per heavy atom. The normalized spacial score (nSPS) is 16.1. The molecule has 168 valence electrons. The molecule has 3 amide bonds. The number of rotatable bonds is 4. The minimum absolute atomic E-state index is 0.0420. The Hall–Kier alpha value is -2.59. The van der Waals surface area contributed by atoms with Crippen molar-refractivity contribution in [2.45, 2.75) is 32.7 Å². The van der Waals surface area contributed by atoms with Crippen LogP contribution in [0.4, 0.5) is 16.3 Å². The van der Waals surface area contributed by atoms with Crippen LogP contribution in [0.1, 0.15) is 26.5 Å². The van der Waals surface area contributed by atoms with E-state index < -0.39 is 15.9 Å². The SMILES string of the molecule is CC(C)(C)c1cc(NC(=O)Nc2ccc(Cl)cc2)n(CC(=O)N2CCS(=O)(=O)CC2)n1. The van der Waals surface area contributed by atoms with E-state index in [1.54, 1.807) is 30.3 Å². The van der Waals surface area contributed by atoms with Gasteiger partial charge in [0.15, 0.2) is 9.84 Å². The van der Waals surface area contributed by atoms with Crippen molar-refractivity contribution in [3.63, 3.8) is 0 Å². The Balaban J connectivity index is 1.74. The van der Waals surface area contributed by atoms with Crippen molar-refractivity contribution in [2.75, 3.05) is 35.2 Å². The van der Waals surface area contributed by atoms with Gasteiger partial charge in [0.1, 0.15) is 12.4 Å². The summed E-state index contributed by atoms with van der Waals surface area (Å²) in [6.07, 6.45) is 0. The molecule has 2 N–H and O–H groups in total. The zero-order valence-electron chi connectivity index (χ0n) is 17.7.